The zero-order chi connectivity index (χ0) is 15.1. The zero-order valence-corrected chi connectivity index (χ0v) is 12.5. The monoisotopic (exact) mass is 282 g/mol. The Hall–Kier alpha value is -2.09. The third-order valence-electron chi connectivity index (χ3n) is 3.81. The van der Waals surface area contributed by atoms with Crippen LogP contribution in [0.3, 0.4) is 0 Å². The van der Waals surface area contributed by atoms with Crippen molar-refractivity contribution in [2.24, 2.45) is 5.92 Å². The molecule has 1 atom stereocenters. The van der Waals surface area contributed by atoms with Gasteiger partial charge in [0, 0.05) is 0 Å². The van der Waals surface area contributed by atoms with Gasteiger partial charge in [-0.2, -0.15) is 0 Å². The van der Waals surface area contributed by atoms with Crippen LogP contribution in [-0.4, -0.2) is 11.1 Å². The van der Waals surface area contributed by atoms with Crippen molar-refractivity contribution in [2.45, 2.75) is 32.6 Å². The summed E-state index contributed by atoms with van der Waals surface area (Å²) in [5.74, 6) is -0.986. The van der Waals surface area contributed by atoms with Gasteiger partial charge in [-0.05, 0) is 43.7 Å². The predicted molar refractivity (Wildman–Crippen MR) is 85.4 cm³/mol. The highest BCUT2D eigenvalue weighted by Gasteiger charge is 2.17. The van der Waals surface area contributed by atoms with Gasteiger partial charge in [0.15, 0.2) is 0 Å². The Morgan fingerprint density at radius 1 is 1.00 bits per heavy atom. The summed E-state index contributed by atoms with van der Waals surface area (Å²) < 4.78 is 0. The van der Waals surface area contributed by atoms with Crippen molar-refractivity contribution in [2.75, 3.05) is 0 Å². The van der Waals surface area contributed by atoms with Gasteiger partial charge in [-0.3, -0.25) is 4.79 Å². The van der Waals surface area contributed by atoms with Crippen LogP contribution in [0.25, 0.3) is 0 Å². The smallest absolute Gasteiger partial charge is 0.306 e. The fourth-order valence-electron chi connectivity index (χ4n) is 2.52. The van der Waals surface area contributed by atoms with E-state index in [0.29, 0.717) is 6.42 Å². The van der Waals surface area contributed by atoms with E-state index in [0.717, 1.165) is 24.8 Å². The van der Waals surface area contributed by atoms with E-state index >= 15 is 0 Å². The molecule has 0 saturated carbocycles. The first-order valence-corrected chi connectivity index (χ1v) is 7.47. The fraction of sp³-hybridized carbons (Fsp3) is 0.316. The number of hydrogen-bond acceptors (Lipinski definition) is 1. The van der Waals surface area contributed by atoms with Crippen LogP contribution in [0.15, 0.2) is 54.6 Å². The van der Waals surface area contributed by atoms with Crippen molar-refractivity contribution in [3.05, 3.63) is 71.3 Å². The van der Waals surface area contributed by atoms with E-state index in [2.05, 4.69) is 12.1 Å². The average Bonchev–Trinajstić information content (AvgIpc) is 2.49. The van der Waals surface area contributed by atoms with Gasteiger partial charge in [0.25, 0.3) is 0 Å². The molecule has 110 valence electrons. The molecule has 0 heterocycles. The number of rotatable bonds is 7. The van der Waals surface area contributed by atoms with E-state index < -0.39 is 5.97 Å². The van der Waals surface area contributed by atoms with Gasteiger partial charge in [-0.15, -0.1) is 0 Å². The summed E-state index contributed by atoms with van der Waals surface area (Å²) in [6, 6.07) is 18.4. The topological polar surface area (TPSA) is 37.3 Å². The summed E-state index contributed by atoms with van der Waals surface area (Å²) in [5.41, 5.74) is 3.58. The van der Waals surface area contributed by atoms with E-state index in [9.17, 15) is 9.90 Å². The summed E-state index contributed by atoms with van der Waals surface area (Å²) in [7, 11) is 0. The number of carbonyl (C=O) groups is 1. The van der Waals surface area contributed by atoms with Crippen LogP contribution in [0.5, 0.6) is 0 Å². The van der Waals surface area contributed by atoms with Crippen LogP contribution in [0.2, 0.25) is 0 Å². The highest BCUT2D eigenvalue weighted by molar-refractivity contribution is 5.70. The predicted octanol–water partition coefficient (Wildman–Crippen LogP) is 4.26. The normalized spacial score (nSPS) is 12.0. The Balaban J connectivity index is 1.87. The van der Waals surface area contributed by atoms with Crippen molar-refractivity contribution in [1.82, 2.24) is 0 Å². The average molecular weight is 282 g/mol. The summed E-state index contributed by atoms with van der Waals surface area (Å²) in [5, 5.41) is 9.39. The second-order valence-electron chi connectivity index (χ2n) is 5.60. The minimum atomic E-state index is -0.691. The Kier molecular flexibility index (Phi) is 5.56. The molecule has 1 unspecified atom stereocenters. The lowest BCUT2D eigenvalue weighted by Gasteiger charge is -2.12. The molecule has 2 rings (SSSR count). The molecule has 2 aromatic rings. The van der Waals surface area contributed by atoms with E-state index in [4.69, 9.17) is 0 Å². The molecule has 0 aliphatic heterocycles. The molecule has 0 aliphatic carbocycles. The number of carboxylic acid groups (broad SMARTS) is 1. The molecule has 2 heteroatoms. The second-order valence-corrected chi connectivity index (χ2v) is 5.60. The molecule has 2 aromatic carbocycles. The number of aryl methyl sites for hydroxylation is 2. The first-order chi connectivity index (χ1) is 10.1. The highest BCUT2D eigenvalue weighted by atomic mass is 16.4. The second kappa shape index (κ2) is 7.63. The molecule has 21 heavy (non-hydrogen) atoms. The summed E-state index contributed by atoms with van der Waals surface area (Å²) in [4.78, 5) is 11.4. The molecule has 0 saturated heterocycles. The summed E-state index contributed by atoms with van der Waals surface area (Å²) in [6.45, 7) is 2.04. The van der Waals surface area contributed by atoms with Crippen LogP contribution in [0.4, 0.5) is 0 Å². The first kappa shape index (κ1) is 15.3. The minimum absolute atomic E-state index is 0.295. The third-order valence-corrected chi connectivity index (χ3v) is 3.81. The SMILES string of the molecule is Cc1ccc(CC(CCCc2ccccc2)C(=O)O)cc1. The molecule has 1 N–H and O–H groups in total. The van der Waals surface area contributed by atoms with E-state index in [1.54, 1.807) is 0 Å². The molecule has 0 amide bonds. The van der Waals surface area contributed by atoms with Gasteiger partial charge in [-0.25, -0.2) is 0 Å². The Bertz CT molecular complexity index is 558. The molecule has 0 spiro atoms. The van der Waals surface area contributed by atoms with Crippen LogP contribution < -0.4 is 0 Å². The van der Waals surface area contributed by atoms with Gasteiger partial charge >= 0.3 is 5.97 Å². The summed E-state index contributed by atoms with van der Waals surface area (Å²) in [6.07, 6.45) is 3.19. The maximum absolute atomic E-state index is 11.4. The molecule has 0 radical (unpaired) electrons. The number of aliphatic carboxylic acids is 1. The molecule has 0 aromatic heterocycles. The summed E-state index contributed by atoms with van der Waals surface area (Å²) >= 11 is 0. The third kappa shape index (κ3) is 5.07. The largest absolute Gasteiger partial charge is 0.481 e. The zero-order valence-electron chi connectivity index (χ0n) is 12.5. The molecular formula is C19H22O2. The minimum Gasteiger partial charge on any atom is -0.481 e. The molecule has 0 bridgehead atoms. The van der Waals surface area contributed by atoms with Gasteiger partial charge in [-0.1, -0.05) is 60.2 Å². The van der Waals surface area contributed by atoms with Crippen LogP contribution >= 0.6 is 0 Å². The van der Waals surface area contributed by atoms with Crippen LogP contribution in [-0.2, 0) is 17.6 Å². The fourth-order valence-corrected chi connectivity index (χ4v) is 2.52. The molecule has 0 fully saturated rings. The van der Waals surface area contributed by atoms with E-state index in [1.165, 1.54) is 11.1 Å². The number of hydrogen-bond donors (Lipinski definition) is 1. The van der Waals surface area contributed by atoms with Gasteiger partial charge in [0.2, 0.25) is 0 Å². The Morgan fingerprint density at radius 2 is 1.67 bits per heavy atom. The first-order valence-electron chi connectivity index (χ1n) is 7.47. The molecule has 2 nitrogen and oxygen atoms in total. The van der Waals surface area contributed by atoms with Crippen molar-refractivity contribution < 1.29 is 9.90 Å². The van der Waals surface area contributed by atoms with E-state index in [1.807, 2.05) is 49.4 Å². The van der Waals surface area contributed by atoms with Crippen molar-refractivity contribution in [3.63, 3.8) is 0 Å². The Morgan fingerprint density at radius 3 is 2.29 bits per heavy atom. The van der Waals surface area contributed by atoms with Crippen LogP contribution in [0, 0.1) is 12.8 Å². The standard InChI is InChI=1S/C19H22O2/c1-15-10-12-17(13-11-15)14-18(19(20)21)9-5-8-16-6-3-2-4-7-16/h2-4,6-7,10-13,18H,5,8-9,14H2,1H3,(H,20,21). The van der Waals surface area contributed by atoms with Crippen molar-refractivity contribution in [1.29, 1.82) is 0 Å². The van der Waals surface area contributed by atoms with Crippen molar-refractivity contribution in [3.8, 4) is 0 Å². The quantitative estimate of drug-likeness (QED) is 0.823. The maximum Gasteiger partial charge on any atom is 0.306 e. The Labute approximate surface area is 126 Å². The lowest BCUT2D eigenvalue weighted by atomic mass is 9.93. The van der Waals surface area contributed by atoms with E-state index in [-0.39, 0.29) is 5.92 Å². The molecular weight excluding hydrogens is 260 g/mol. The maximum atomic E-state index is 11.4. The van der Waals surface area contributed by atoms with Gasteiger partial charge in [0.1, 0.15) is 0 Å². The van der Waals surface area contributed by atoms with Gasteiger partial charge in [0.05, 0.1) is 5.92 Å². The number of carboxylic acids is 1. The molecule has 0 aliphatic rings. The van der Waals surface area contributed by atoms with Crippen LogP contribution in [0.1, 0.15) is 29.5 Å². The van der Waals surface area contributed by atoms with Gasteiger partial charge < -0.3 is 5.11 Å². The highest BCUT2D eigenvalue weighted by Crippen LogP contribution is 2.17. The number of benzene rings is 2. The lowest BCUT2D eigenvalue weighted by molar-refractivity contribution is -0.141. The van der Waals surface area contributed by atoms with Crippen molar-refractivity contribution >= 4 is 5.97 Å². The lowest BCUT2D eigenvalue weighted by Crippen LogP contribution is -2.16.